The molecule has 3 N–H and O–H groups in total. The molecule has 0 aliphatic heterocycles. The second kappa shape index (κ2) is 8.44. The van der Waals surface area contributed by atoms with Gasteiger partial charge in [-0.15, -0.1) is 0 Å². The van der Waals surface area contributed by atoms with Gasteiger partial charge >= 0.3 is 0 Å². The van der Waals surface area contributed by atoms with Crippen LogP contribution in [0.2, 0.25) is 0 Å². The van der Waals surface area contributed by atoms with Crippen LogP contribution >= 0.6 is 11.8 Å². The van der Waals surface area contributed by atoms with E-state index in [1.165, 1.54) is 0 Å². The third-order valence-electron chi connectivity index (χ3n) is 3.43. The van der Waals surface area contributed by atoms with E-state index in [4.69, 9.17) is 0 Å². The molecular formula is C15H28N4OS. The summed E-state index contributed by atoms with van der Waals surface area (Å²) in [6.45, 7) is 11.3. The van der Waals surface area contributed by atoms with Crippen molar-refractivity contribution in [1.29, 1.82) is 0 Å². The summed E-state index contributed by atoms with van der Waals surface area (Å²) in [6.07, 6.45) is 2.01. The van der Waals surface area contributed by atoms with Crippen LogP contribution in [0, 0.1) is 6.92 Å². The maximum absolute atomic E-state index is 9.42. The van der Waals surface area contributed by atoms with Crippen molar-refractivity contribution in [1.82, 2.24) is 9.97 Å². The molecule has 6 heteroatoms. The molecule has 120 valence electrons. The van der Waals surface area contributed by atoms with Crippen LogP contribution in [0.3, 0.4) is 0 Å². The molecule has 0 saturated carbocycles. The lowest BCUT2D eigenvalue weighted by Crippen LogP contribution is -2.32. The van der Waals surface area contributed by atoms with Gasteiger partial charge < -0.3 is 15.7 Å². The lowest BCUT2D eigenvalue weighted by Gasteiger charge is -2.24. The number of nitrogens with one attached hydrogen (secondary N) is 2. The monoisotopic (exact) mass is 312 g/mol. The van der Waals surface area contributed by atoms with Crippen molar-refractivity contribution >= 4 is 23.4 Å². The second-order valence-electron chi connectivity index (χ2n) is 5.48. The Morgan fingerprint density at radius 2 is 1.81 bits per heavy atom. The van der Waals surface area contributed by atoms with Gasteiger partial charge in [0.25, 0.3) is 0 Å². The van der Waals surface area contributed by atoms with Crippen LogP contribution in [0.1, 0.15) is 45.0 Å². The molecule has 1 heterocycles. The number of thioether (sulfide) groups is 1. The molecule has 21 heavy (non-hydrogen) atoms. The minimum absolute atomic E-state index is 0.132. The van der Waals surface area contributed by atoms with Crippen molar-refractivity contribution in [3.05, 3.63) is 11.4 Å². The molecule has 0 radical (unpaired) electrons. The first-order valence-electron chi connectivity index (χ1n) is 7.47. The molecule has 1 aromatic heterocycles. The summed E-state index contributed by atoms with van der Waals surface area (Å²) < 4.78 is 0. The number of anilines is 2. The minimum Gasteiger partial charge on any atom is -0.395 e. The average Bonchev–Trinajstić information content (AvgIpc) is 2.44. The summed E-state index contributed by atoms with van der Waals surface area (Å²) in [7, 11) is 0. The number of hydrogen-bond donors (Lipinski definition) is 3. The smallest absolute Gasteiger partial charge is 0.135 e. The molecule has 1 rings (SSSR count). The van der Waals surface area contributed by atoms with Crippen LogP contribution in [0.4, 0.5) is 11.6 Å². The van der Waals surface area contributed by atoms with Gasteiger partial charge in [0.05, 0.1) is 6.61 Å². The largest absolute Gasteiger partial charge is 0.395 e. The highest BCUT2D eigenvalue weighted by Crippen LogP contribution is 2.25. The topological polar surface area (TPSA) is 70.1 Å². The van der Waals surface area contributed by atoms with E-state index in [9.17, 15) is 5.11 Å². The molecule has 2 unspecified atom stereocenters. The summed E-state index contributed by atoms with van der Waals surface area (Å²) in [5.74, 6) is 2.84. The summed E-state index contributed by atoms with van der Waals surface area (Å²) in [5.41, 5.74) is 1.02. The van der Waals surface area contributed by atoms with Crippen LogP contribution in [-0.2, 0) is 0 Å². The van der Waals surface area contributed by atoms with Gasteiger partial charge in [0.1, 0.15) is 17.5 Å². The van der Waals surface area contributed by atoms with Gasteiger partial charge in [0.15, 0.2) is 0 Å². The van der Waals surface area contributed by atoms with E-state index in [0.29, 0.717) is 0 Å². The SMILES string of the molecule is CCNc1nc(C(C)C)nc(NC(C)C(CO)SC)c1C. The molecule has 0 bridgehead atoms. The molecule has 0 aliphatic carbocycles. The van der Waals surface area contributed by atoms with Crippen molar-refractivity contribution in [2.24, 2.45) is 0 Å². The van der Waals surface area contributed by atoms with E-state index in [1.807, 2.05) is 13.2 Å². The molecule has 0 saturated heterocycles. The van der Waals surface area contributed by atoms with Crippen LogP contribution < -0.4 is 10.6 Å². The maximum atomic E-state index is 9.42. The van der Waals surface area contributed by atoms with Gasteiger partial charge in [-0.3, -0.25) is 0 Å². The van der Waals surface area contributed by atoms with E-state index in [0.717, 1.165) is 29.6 Å². The van der Waals surface area contributed by atoms with Crippen molar-refractivity contribution in [3.63, 3.8) is 0 Å². The third-order valence-corrected chi connectivity index (χ3v) is 4.59. The van der Waals surface area contributed by atoms with E-state index < -0.39 is 0 Å². The predicted molar refractivity (Wildman–Crippen MR) is 92.5 cm³/mol. The Morgan fingerprint density at radius 1 is 1.19 bits per heavy atom. The first-order valence-corrected chi connectivity index (χ1v) is 8.75. The van der Waals surface area contributed by atoms with Crippen molar-refractivity contribution < 1.29 is 5.11 Å². The lowest BCUT2D eigenvalue weighted by atomic mass is 10.2. The lowest BCUT2D eigenvalue weighted by molar-refractivity contribution is 0.288. The zero-order valence-corrected chi connectivity index (χ0v) is 14.7. The minimum atomic E-state index is 0.132. The molecule has 1 aromatic rings. The highest BCUT2D eigenvalue weighted by molar-refractivity contribution is 7.99. The fourth-order valence-corrected chi connectivity index (χ4v) is 2.64. The van der Waals surface area contributed by atoms with E-state index in [2.05, 4.69) is 48.3 Å². The Morgan fingerprint density at radius 3 is 2.29 bits per heavy atom. The summed E-state index contributed by atoms with van der Waals surface area (Å²) in [5, 5.41) is 16.3. The summed E-state index contributed by atoms with van der Waals surface area (Å²) in [6, 6.07) is 0.132. The van der Waals surface area contributed by atoms with Gasteiger partial charge in [0.2, 0.25) is 0 Å². The fourth-order valence-electron chi connectivity index (χ4n) is 2.02. The molecule has 0 aliphatic rings. The molecule has 0 aromatic carbocycles. The van der Waals surface area contributed by atoms with Gasteiger partial charge in [0, 0.05) is 29.3 Å². The van der Waals surface area contributed by atoms with E-state index >= 15 is 0 Å². The Kier molecular flexibility index (Phi) is 7.25. The quantitative estimate of drug-likeness (QED) is 0.686. The van der Waals surface area contributed by atoms with Gasteiger partial charge in [-0.2, -0.15) is 11.8 Å². The van der Waals surface area contributed by atoms with Crippen LogP contribution in [0.15, 0.2) is 0 Å². The average molecular weight is 312 g/mol. The normalized spacial score (nSPS) is 14.1. The summed E-state index contributed by atoms with van der Waals surface area (Å²) in [4.78, 5) is 9.25. The first-order chi connectivity index (χ1) is 9.94. The number of hydrogen-bond acceptors (Lipinski definition) is 6. The van der Waals surface area contributed by atoms with Gasteiger partial charge in [-0.05, 0) is 27.0 Å². The highest BCUT2D eigenvalue weighted by atomic mass is 32.2. The molecule has 5 nitrogen and oxygen atoms in total. The molecular weight excluding hydrogens is 284 g/mol. The number of aromatic nitrogens is 2. The molecule has 0 spiro atoms. The zero-order valence-electron chi connectivity index (χ0n) is 13.9. The van der Waals surface area contributed by atoms with Crippen LogP contribution in [-0.4, -0.2) is 45.8 Å². The Hall–Kier alpha value is -1.01. The number of aliphatic hydroxyl groups excluding tert-OH is 1. The van der Waals surface area contributed by atoms with Crippen molar-refractivity contribution in [3.8, 4) is 0 Å². The second-order valence-corrected chi connectivity index (χ2v) is 6.56. The maximum Gasteiger partial charge on any atom is 0.135 e. The molecule has 2 atom stereocenters. The number of aliphatic hydroxyl groups is 1. The van der Waals surface area contributed by atoms with E-state index in [1.54, 1.807) is 11.8 Å². The Labute approximate surface area is 132 Å². The zero-order chi connectivity index (χ0) is 16.0. The van der Waals surface area contributed by atoms with Gasteiger partial charge in [-0.25, -0.2) is 9.97 Å². The highest BCUT2D eigenvalue weighted by Gasteiger charge is 2.19. The fraction of sp³-hybridized carbons (Fsp3) is 0.733. The third kappa shape index (κ3) is 4.74. The summed E-state index contributed by atoms with van der Waals surface area (Å²) >= 11 is 1.66. The Balaban J connectivity index is 3.09. The first kappa shape index (κ1) is 18.0. The molecule has 0 amide bonds. The van der Waals surface area contributed by atoms with E-state index in [-0.39, 0.29) is 23.8 Å². The standard InChI is InChI=1S/C15H28N4OS/c1-7-16-14-10(4)15(19-13(18-14)9(2)3)17-11(5)12(8-20)21-6/h9,11-12,20H,7-8H2,1-6H3,(H2,16,17,18,19). The van der Waals surface area contributed by atoms with Crippen LogP contribution in [0.5, 0.6) is 0 Å². The number of rotatable bonds is 8. The van der Waals surface area contributed by atoms with Crippen LogP contribution in [0.25, 0.3) is 0 Å². The Bertz CT molecular complexity index is 450. The van der Waals surface area contributed by atoms with Crippen molar-refractivity contribution in [2.75, 3.05) is 30.0 Å². The van der Waals surface area contributed by atoms with Crippen molar-refractivity contribution in [2.45, 2.75) is 51.8 Å². The van der Waals surface area contributed by atoms with Gasteiger partial charge in [-0.1, -0.05) is 13.8 Å². The molecule has 0 fully saturated rings. The number of nitrogens with zero attached hydrogens (tertiary/aromatic N) is 2. The predicted octanol–water partition coefficient (Wildman–Crippen LogP) is 2.86.